The third-order valence-electron chi connectivity index (χ3n) is 1.79. The molecule has 1 aliphatic carbocycles. The second-order valence-corrected chi connectivity index (χ2v) is 2.62. The lowest BCUT2D eigenvalue weighted by Crippen LogP contribution is -2.02. The molecule has 1 fully saturated rings. The molecule has 0 bridgehead atoms. The molecule has 0 aromatic heterocycles. The lowest BCUT2D eigenvalue weighted by atomic mass is 10.2. The normalized spacial score (nSPS) is 43.3. The smallest absolute Gasteiger partial charge is 0.0542 e. The highest BCUT2D eigenvalue weighted by molar-refractivity contribution is 4.85. The first-order valence-corrected chi connectivity index (χ1v) is 2.90. The zero-order valence-electron chi connectivity index (χ0n) is 4.89. The summed E-state index contributed by atoms with van der Waals surface area (Å²) in [6, 6.07) is 0. The van der Waals surface area contributed by atoms with Gasteiger partial charge in [0.25, 0.3) is 0 Å². The topological polar surface area (TPSA) is 20.2 Å². The van der Waals surface area contributed by atoms with Gasteiger partial charge in [0.1, 0.15) is 0 Å². The van der Waals surface area contributed by atoms with E-state index in [1.807, 2.05) is 6.92 Å². The lowest BCUT2D eigenvalue weighted by Gasteiger charge is -1.96. The average molecular weight is 100 g/mol. The van der Waals surface area contributed by atoms with Gasteiger partial charge in [0.2, 0.25) is 0 Å². The first-order valence-electron chi connectivity index (χ1n) is 2.90. The van der Waals surface area contributed by atoms with Gasteiger partial charge in [-0.05, 0) is 25.2 Å². The van der Waals surface area contributed by atoms with Crippen molar-refractivity contribution in [3.8, 4) is 0 Å². The van der Waals surface area contributed by atoms with E-state index in [4.69, 9.17) is 5.11 Å². The van der Waals surface area contributed by atoms with Crippen LogP contribution in [0.2, 0.25) is 0 Å². The molecule has 1 saturated carbocycles. The van der Waals surface area contributed by atoms with Crippen molar-refractivity contribution in [2.45, 2.75) is 26.4 Å². The van der Waals surface area contributed by atoms with Crippen LogP contribution in [0.15, 0.2) is 0 Å². The number of rotatable bonds is 1. The maximum atomic E-state index is 8.86. The van der Waals surface area contributed by atoms with Crippen LogP contribution in [0.5, 0.6) is 0 Å². The molecule has 0 radical (unpaired) electrons. The van der Waals surface area contributed by atoms with Crippen molar-refractivity contribution >= 4 is 0 Å². The van der Waals surface area contributed by atoms with E-state index in [0.717, 1.165) is 5.92 Å². The van der Waals surface area contributed by atoms with Gasteiger partial charge in [-0.3, -0.25) is 0 Å². The van der Waals surface area contributed by atoms with Crippen molar-refractivity contribution in [2.24, 2.45) is 11.8 Å². The summed E-state index contributed by atoms with van der Waals surface area (Å²) in [7, 11) is 0. The van der Waals surface area contributed by atoms with Crippen molar-refractivity contribution in [3.05, 3.63) is 0 Å². The molecule has 0 spiro atoms. The summed E-state index contributed by atoms with van der Waals surface area (Å²) in [6.45, 7) is 4.05. The molecule has 1 heteroatoms. The second-order valence-electron chi connectivity index (χ2n) is 2.62. The van der Waals surface area contributed by atoms with Gasteiger partial charge in [-0.1, -0.05) is 6.92 Å². The van der Waals surface area contributed by atoms with Crippen molar-refractivity contribution in [3.63, 3.8) is 0 Å². The van der Waals surface area contributed by atoms with Crippen LogP contribution in [0, 0.1) is 11.8 Å². The zero-order valence-corrected chi connectivity index (χ0v) is 4.89. The van der Waals surface area contributed by atoms with Crippen LogP contribution in [0.25, 0.3) is 0 Å². The van der Waals surface area contributed by atoms with Crippen molar-refractivity contribution in [1.29, 1.82) is 0 Å². The Bertz CT molecular complexity index is 68.6. The summed E-state index contributed by atoms with van der Waals surface area (Å²) in [5.74, 6) is 1.42. The highest BCUT2D eigenvalue weighted by atomic mass is 16.3. The Labute approximate surface area is 44.4 Å². The third kappa shape index (κ3) is 0.942. The van der Waals surface area contributed by atoms with Crippen LogP contribution >= 0.6 is 0 Å². The first kappa shape index (κ1) is 5.10. The molecular weight excluding hydrogens is 88.1 g/mol. The molecule has 3 atom stereocenters. The molecule has 0 aromatic rings. The van der Waals surface area contributed by atoms with E-state index in [1.165, 1.54) is 6.42 Å². The molecule has 0 aliphatic heterocycles. The van der Waals surface area contributed by atoms with Crippen molar-refractivity contribution in [2.75, 3.05) is 0 Å². The number of hydrogen-bond donors (Lipinski definition) is 1. The van der Waals surface area contributed by atoms with Gasteiger partial charge in [0.15, 0.2) is 0 Å². The van der Waals surface area contributed by atoms with Crippen LogP contribution in [0.3, 0.4) is 0 Å². The molecule has 1 aliphatic rings. The fourth-order valence-electron chi connectivity index (χ4n) is 1.02. The third-order valence-corrected chi connectivity index (χ3v) is 1.79. The zero-order chi connectivity index (χ0) is 5.44. The molecular formula is C6H12O. The summed E-state index contributed by atoms with van der Waals surface area (Å²) in [5, 5.41) is 8.86. The molecule has 0 saturated heterocycles. The van der Waals surface area contributed by atoms with Gasteiger partial charge in [-0.15, -0.1) is 0 Å². The van der Waals surface area contributed by atoms with Gasteiger partial charge < -0.3 is 5.11 Å². The van der Waals surface area contributed by atoms with Gasteiger partial charge in [-0.2, -0.15) is 0 Å². The molecule has 1 rings (SSSR count). The number of aliphatic hydroxyl groups is 1. The standard InChI is InChI=1S/C6H12O/c1-4-3-6(4)5(2)7/h4-7H,3H2,1-2H3/t4-,5+,6+/m1/s1. The molecule has 7 heavy (non-hydrogen) atoms. The molecule has 0 heterocycles. The van der Waals surface area contributed by atoms with Gasteiger partial charge in [0.05, 0.1) is 6.10 Å². The Kier molecular flexibility index (Phi) is 1.08. The van der Waals surface area contributed by atoms with E-state index in [2.05, 4.69) is 6.92 Å². The molecule has 0 unspecified atom stereocenters. The van der Waals surface area contributed by atoms with Crippen molar-refractivity contribution < 1.29 is 5.11 Å². The minimum absolute atomic E-state index is 0.0602. The molecule has 0 amide bonds. The maximum absolute atomic E-state index is 8.86. The van der Waals surface area contributed by atoms with E-state index in [1.54, 1.807) is 0 Å². The summed E-state index contributed by atoms with van der Waals surface area (Å²) in [4.78, 5) is 0. The Balaban J connectivity index is 2.20. The Hall–Kier alpha value is -0.0400. The van der Waals surface area contributed by atoms with E-state index >= 15 is 0 Å². The van der Waals surface area contributed by atoms with Crippen LogP contribution in [-0.2, 0) is 0 Å². The van der Waals surface area contributed by atoms with Gasteiger partial charge in [0, 0.05) is 0 Å². The minimum atomic E-state index is -0.0602. The fourth-order valence-corrected chi connectivity index (χ4v) is 1.02. The Morgan fingerprint density at radius 3 is 2.14 bits per heavy atom. The number of hydrogen-bond acceptors (Lipinski definition) is 1. The highest BCUT2D eigenvalue weighted by Crippen LogP contribution is 2.40. The van der Waals surface area contributed by atoms with Crippen LogP contribution in [0.4, 0.5) is 0 Å². The summed E-state index contributed by atoms with van der Waals surface area (Å²) < 4.78 is 0. The van der Waals surface area contributed by atoms with Gasteiger partial charge in [-0.25, -0.2) is 0 Å². The quantitative estimate of drug-likeness (QED) is 0.521. The van der Waals surface area contributed by atoms with Crippen molar-refractivity contribution in [1.82, 2.24) is 0 Å². The second kappa shape index (κ2) is 1.48. The molecule has 1 N–H and O–H groups in total. The number of aliphatic hydroxyl groups excluding tert-OH is 1. The SMILES string of the molecule is C[C@H](O)[C@H]1C[C@H]1C. The summed E-state index contributed by atoms with van der Waals surface area (Å²) in [5.41, 5.74) is 0. The molecule has 1 nitrogen and oxygen atoms in total. The minimum Gasteiger partial charge on any atom is -0.393 e. The average Bonchev–Trinajstić information content (AvgIpc) is 2.17. The van der Waals surface area contributed by atoms with Crippen LogP contribution < -0.4 is 0 Å². The predicted molar refractivity (Wildman–Crippen MR) is 29.0 cm³/mol. The van der Waals surface area contributed by atoms with Crippen LogP contribution in [0.1, 0.15) is 20.3 Å². The lowest BCUT2D eigenvalue weighted by molar-refractivity contribution is 0.165. The van der Waals surface area contributed by atoms with E-state index in [0.29, 0.717) is 5.92 Å². The monoisotopic (exact) mass is 100 g/mol. The summed E-state index contributed by atoms with van der Waals surface area (Å²) in [6.07, 6.45) is 1.17. The van der Waals surface area contributed by atoms with Gasteiger partial charge >= 0.3 is 0 Å². The fraction of sp³-hybridized carbons (Fsp3) is 1.00. The maximum Gasteiger partial charge on any atom is 0.0542 e. The van der Waals surface area contributed by atoms with E-state index in [-0.39, 0.29) is 6.10 Å². The van der Waals surface area contributed by atoms with E-state index in [9.17, 15) is 0 Å². The molecule has 0 aromatic carbocycles. The predicted octanol–water partition coefficient (Wildman–Crippen LogP) is 1.02. The largest absolute Gasteiger partial charge is 0.393 e. The summed E-state index contributed by atoms with van der Waals surface area (Å²) >= 11 is 0. The first-order chi connectivity index (χ1) is 3.22. The Morgan fingerprint density at radius 2 is 2.14 bits per heavy atom. The Morgan fingerprint density at radius 1 is 1.71 bits per heavy atom. The van der Waals surface area contributed by atoms with Crippen LogP contribution in [-0.4, -0.2) is 11.2 Å². The molecule has 42 valence electrons. The highest BCUT2D eigenvalue weighted by Gasteiger charge is 2.35. The van der Waals surface area contributed by atoms with E-state index < -0.39 is 0 Å².